The van der Waals surface area contributed by atoms with E-state index in [4.69, 9.17) is 38.6 Å². The molecule has 1 amide bonds. The van der Waals surface area contributed by atoms with Gasteiger partial charge in [-0.3, -0.25) is 4.79 Å². The average molecular weight is 359 g/mol. The standard InChI is InChI=1S/C11H10Cl3NO4S/c12-8-4-9(13)10(20(14,17)18)3-7(8)11(16)15-6-1-2-19-5-6/h3-4,6H,1-2,5H2,(H,15,16). The molecule has 1 aliphatic heterocycles. The quantitative estimate of drug-likeness (QED) is 0.842. The highest BCUT2D eigenvalue weighted by molar-refractivity contribution is 8.13. The van der Waals surface area contributed by atoms with Crippen molar-refractivity contribution in [3.8, 4) is 0 Å². The number of amides is 1. The number of hydrogen-bond acceptors (Lipinski definition) is 4. The lowest BCUT2D eigenvalue weighted by molar-refractivity contribution is 0.0930. The molecule has 5 nitrogen and oxygen atoms in total. The molecule has 1 saturated heterocycles. The van der Waals surface area contributed by atoms with Gasteiger partial charge >= 0.3 is 0 Å². The number of carbonyl (C=O) groups excluding carboxylic acids is 1. The van der Waals surface area contributed by atoms with Crippen molar-refractivity contribution in [2.75, 3.05) is 13.2 Å². The van der Waals surface area contributed by atoms with Crippen molar-refractivity contribution < 1.29 is 17.9 Å². The lowest BCUT2D eigenvalue weighted by Gasteiger charge is -2.12. The van der Waals surface area contributed by atoms with Crippen LogP contribution < -0.4 is 5.32 Å². The summed E-state index contributed by atoms with van der Waals surface area (Å²) in [6.45, 7) is 0.984. The van der Waals surface area contributed by atoms with E-state index in [2.05, 4.69) is 5.32 Å². The minimum Gasteiger partial charge on any atom is -0.379 e. The summed E-state index contributed by atoms with van der Waals surface area (Å²) in [5, 5.41) is 2.62. The van der Waals surface area contributed by atoms with E-state index < -0.39 is 15.0 Å². The summed E-state index contributed by atoms with van der Waals surface area (Å²) in [7, 11) is 1.20. The SMILES string of the molecule is O=C(NC1CCOC1)c1cc(S(=O)(=O)Cl)c(Cl)cc1Cl. The summed E-state index contributed by atoms with van der Waals surface area (Å²) < 4.78 is 27.9. The van der Waals surface area contributed by atoms with E-state index in [1.54, 1.807) is 0 Å². The summed E-state index contributed by atoms with van der Waals surface area (Å²) >= 11 is 11.7. The van der Waals surface area contributed by atoms with Crippen LogP contribution in [-0.4, -0.2) is 33.6 Å². The minimum absolute atomic E-state index is 0.00203. The third-order valence-electron chi connectivity index (χ3n) is 2.79. The van der Waals surface area contributed by atoms with E-state index in [9.17, 15) is 13.2 Å². The average Bonchev–Trinajstić information content (AvgIpc) is 2.79. The molecule has 1 heterocycles. The summed E-state index contributed by atoms with van der Waals surface area (Å²) in [5.74, 6) is -0.497. The van der Waals surface area contributed by atoms with Crippen LogP contribution in [0, 0.1) is 0 Å². The van der Waals surface area contributed by atoms with Gasteiger partial charge in [0.05, 0.1) is 28.3 Å². The fourth-order valence-electron chi connectivity index (χ4n) is 1.80. The number of carbonyl (C=O) groups is 1. The first-order valence-electron chi connectivity index (χ1n) is 5.61. The summed E-state index contributed by atoms with van der Waals surface area (Å²) in [6.07, 6.45) is 0.692. The van der Waals surface area contributed by atoms with Gasteiger partial charge in [-0.05, 0) is 18.6 Å². The van der Waals surface area contributed by atoms with Gasteiger partial charge in [0.1, 0.15) is 4.90 Å². The number of hydrogen-bond donors (Lipinski definition) is 1. The van der Waals surface area contributed by atoms with Crippen molar-refractivity contribution >= 4 is 48.8 Å². The van der Waals surface area contributed by atoms with Crippen molar-refractivity contribution in [1.29, 1.82) is 0 Å². The minimum atomic E-state index is -4.06. The number of rotatable bonds is 3. The highest BCUT2D eigenvalue weighted by Gasteiger charge is 2.23. The van der Waals surface area contributed by atoms with Crippen molar-refractivity contribution in [1.82, 2.24) is 5.32 Å². The first-order chi connectivity index (χ1) is 9.29. The fraction of sp³-hybridized carbons (Fsp3) is 0.364. The monoisotopic (exact) mass is 357 g/mol. The molecule has 0 aliphatic carbocycles. The Kier molecular flexibility index (Phi) is 4.81. The molecule has 1 atom stereocenters. The van der Waals surface area contributed by atoms with Crippen LogP contribution in [0.2, 0.25) is 10.0 Å². The molecule has 1 aromatic rings. The summed E-state index contributed by atoms with van der Waals surface area (Å²) in [5.41, 5.74) is 0.00203. The molecule has 0 bridgehead atoms. The van der Waals surface area contributed by atoms with Crippen LogP contribution in [0.3, 0.4) is 0 Å². The normalized spacial score (nSPS) is 19.1. The van der Waals surface area contributed by atoms with Gasteiger partial charge in [-0.15, -0.1) is 0 Å². The third kappa shape index (κ3) is 3.56. The Morgan fingerprint density at radius 3 is 2.55 bits per heavy atom. The topological polar surface area (TPSA) is 72.5 Å². The van der Waals surface area contributed by atoms with E-state index in [-0.39, 0.29) is 26.5 Å². The lowest BCUT2D eigenvalue weighted by Crippen LogP contribution is -2.35. The molecule has 110 valence electrons. The molecule has 20 heavy (non-hydrogen) atoms. The van der Waals surface area contributed by atoms with Gasteiger partial charge in [-0.2, -0.15) is 0 Å². The molecule has 1 aromatic carbocycles. The second kappa shape index (κ2) is 6.07. The Morgan fingerprint density at radius 2 is 2.00 bits per heavy atom. The lowest BCUT2D eigenvalue weighted by atomic mass is 10.2. The van der Waals surface area contributed by atoms with Crippen molar-refractivity contribution in [2.45, 2.75) is 17.4 Å². The predicted molar refractivity (Wildman–Crippen MR) is 76.2 cm³/mol. The zero-order valence-corrected chi connectivity index (χ0v) is 13.1. The number of benzene rings is 1. The molecule has 2 rings (SSSR count). The highest BCUT2D eigenvalue weighted by Crippen LogP contribution is 2.30. The number of nitrogens with one attached hydrogen (secondary N) is 1. The Hall–Kier alpha value is -0.530. The molecular formula is C11H10Cl3NO4S. The van der Waals surface area contributed by atoms with Crippen LogP contribution in [0.25, 0.3) is 0 Å². The Morgan fingerprint density at radius 1 is 1.30 bits per heavy atom. The first-order valence-corrected chi connectivity index (χ1v) is 8.68. The molecule has 0 aromatic heterocycles. The largest absolute Gasteiger partial charge is 0.379 e. The molecule has 9 heteroatoms. The maximum atomic E-state index is 12.1. The van der Waals surface area contributed by atoms with Crippen molar-refractivity contribution in [3.05, 3.63) is 27.7 Å². The second-order valence-electron chi connectivity index (χ2n) is 4.23. The molecule has 0 saturated carbocycles. The van der Waals surface area contributed by atoms with Crippen LogP contribution in [-0.2, 0) is 13.8 Å². The number of ether oxygens (including phenoxy) is 1. The summed E-state index contributed by atoms with van der Waals surface area (Å²) in [4.78, 5) is 11.7. The Balaban J connectivity index is 2.33. The van der Waals surface area contributed by atoms with Crippen molar-refractivity contribution in [2.24, 2.45) is 0 Å². The molecular weight excluding hydrogens is 349 g/mol. The van der Waals surface area contributed by atoms with E-state index in [0.717, 1.165) is 6.07 Å². The summed E-state index contributed by atoms with van der Waals surface area (Å²) in [6, 6.07) is 2.13. The predicted octanol–water partition coefficient (Wildman–Crippen LogP) is 2.44. The molecule has 1 N–H and O–H groups in total. The molecule has 0 radical (unpaired) electrons. The van der Waals surface area contributed by atoms with Crippen LogP contribution in [0.1, 0.15) is 16.8 Å². The maximum absolute atomic E-state index is 12.1. The van der Waals surface area contributed by atoms with Gasteiger partial charge in [-0.1, -0.05) is 23.2 Å². The van der Waals surface area contributed by atoms with Crippen LogP contribution in [0.15, 0.2) is 17.0 Å². The van der Waals surface area contributed by atoms with E-state index in [0.29, 0.717) is 19.6 Å². The zero-order valence-electron chi connectivity index (χ0n) is 10.0. The number of halogens is 3. The van der Waals surface area contributed by atoms with E-state index in [1.807, 2.05) is 0 Å². The third-order valence-corrected chi connectivity index (χ3v) is 4.89. The van der Waals surface area contributed by atoms with E-state index in [1.165, 1.54) is 6.07 Å². The molecule has 1 unspecified atom stereocenters. The Labute approximate surface area is 130 Å². The Bertz CT molecular complexity index is 641. The van der Waals surface area contributed by atoms with Gasteiger partial charge in [0.15, 0.2) is 0 Å². The highest BCUT2D eigenvalue weighted by atomic mass is 35.7. The van der Waals surface area contributed by atoms with Crippen LogP contribution in [0.5, 0.6) is 0 Å². The van der Waals surface area contributed by atoms with Gasteiger partial charge in [0.25, 0.3) is 15.0 Å². The van der Waals surface area contributed by atoms with Gasteiger partial charge in [-0.25, -0.2) is 8.42 Å². The van der Waals surface area contributed by atoms with Gasteiger partial charge in [0, 0.05) is 17.3 Å². The second-order valence-corrected chi connectivity index (χ2v) is 7.58. The van der Waals surface area contributed by atoms with Crippen molar-refractivity contribution in [3.63, 3.8) is 0 Å². The van der Waals surface area contributed by atoms with Gasteiger partial charge in [0.2, 0.25) is 0 Å². The molecule has 1 aliphatic rings. The van der Waals surface area contributed by atoms with E-state index >= 15 is 0 Å². The molecule has 1 fully saturated rings. The zero-order chi connectivity index (χ0) is 14.9. The van der Waals surface area contributed by atoms with Gasteiger partial charge < -0.3 is 10.1 Å². The molecule has 0 spiro atoms. The fourth-order valence-corrected chi connectivity index (χ4v) is 3.63. The maximum Gasteiger partial charge on any atom is 0.262 e. The van der Waals surface area contributed by atoms with Crippen LogP contribution >= 0.6 is 33.9 Å². The van der Waals surface area contributed by atoms with Crippen LogP contribution in [0.4, 0.5) is 0 Å². The first kappa shape index (κ1) is 15.9. The smallest absolute Gasteiger partial charge is 0.262 e.